The Hall–Kier alpha value is -3.34. The molecule has 3 aromatic rings. The summed E-state index contributed by atoms with van der Waals surface area (Å²) in [5.41, 5.74) is 1.08. The van der Waals surface area contributed by atoms with Crippen molar-refractivity contribution in [3.05, 3.63) is 65.7 Å². The molecule has 120 valence electrons. The summed E-state index contributed by atoms with van der Waals surface area (Å²) in [4.78, 5) is 22.7. The van der Waals surface area contributed by atoms with Crippen molar-refractivity contribution in [1.82, 2.24) is 0 Å². The minimum Gasteiger partial charge on any atom is -0.508 e. The van der Waals surface area contributed by atoms with E-state index in [0.29, 0.717) is 29.1 Å². The van der Waals surface area contributed by atoms with Gasteiger partial charge in [-0.2, -0.15) is 0 Å². The van der Waals surface area contributed by atoms with Gasteiger partial charge in [0.2, 0.25) is 0 Å². The molecule has 0 fully saturated rings. The number of ether oxygens (including phenoxy) is 2. The highest BCUT2D eigenvalue weighted by molar-refractivity contribution is 5.96. The topological polar surface area (TPSA) is 72.8 Å². The quantitative estimate of drug-likeness (QED) is 0.451. The molecule has 3 rings (SSSR count). The Bertz CT molecular complexity index is 930. The van der Waals surface area contributed by atoms with Gasteiger partial charge in [0, 0.05) is 0 Å². The van der Waals surface area contributed by atoms with Gasteiger partial charge >= 0.3 is 5.97 Å². The Labute approximate surface area is 138 Å². The fraction of sp³-hybridized carbons (Fsp3) is 0.0526. The van der Waals surface area contributed by atoms with E-state index < -0.39 is 5.97 Å². The largest absolute Gasteiger partial charge is 0.508 e. The van der Waals surface area contributed by atoms with Crippen molar-refractivity contribution in [2.45, 2.75) is 6.92 Å². The minimum atomic E-state index is -0.492. The molecule has 0 unspecified atom stereocenters. The zero-order valence-corrected chi connectivity index (χ0v) is 12.9. The van der Waals surface area contributed by atoms with Crippen LogP contribution in [0, 0.1) is 6.92 Å². The van der Waals surface area contributed by atoms with Gasteiger partial charge in [0.25, 0.3) is 6.47 Å². The van der Waals surface area contributed by atoms with Crippen LogP contribution in [-0.4, -0.2) is 17.5 Å². The van der Waals surface area contributed by atoms with Crippen LogP contribution in [0.25, 0.3) is 10.8 Å². The van der Waals surface area contributed by atoms with Crippen LogP contribution < -0.4 is 9.47 Å². The van der Waals surface area contributed by atoms with E-state index in [9.17, 15) is 14.7 Å². The highest BCUT2D eigenvalue weighted by atomic mass is 16.5. The summed E-state index contributed by atoms with van der Waals surface area (Å²) in [7, 11) is 0. The summed E-state index contributed by atoms with van der Waals surface area (Å²) in [6, 6.07) is 14.8. The van der Waals surface area contributed by atoms with Crippen molar-refractivity contribution in [3.63, 3.8) is 0 Å². The lowest BCUT2D eigenvalue weighted by molar-refractivity contribution is -0.120. The van der Waals surface area contributed by atoms with Gasteiger partial charge in [0.15, 0.2) is 0 Å². The van der Waals surface area contributed by atoms with Crippen LogP contribution in [0.4, 0.5) is 0 Å². The number of esters is 1. The lowest BCUT2D eigenvalue weighted by Crippen LogP contribution is -2.08. The fourth-order valence-electron chi connectivity index (χ4n) is 2.40. The molecule has 0 aromatic heterocycles. The number of phenolic OH excluding ortho intramolecular Hbond substituents is 1. The number of fused-ring (bicyclic) bond motifs is 1. The lowest BCUT2D eigenvalue weighted by Gasteiger charge is -2.08. The number of phenols is 1. The molecule has 24 heavy (non-hydrogen) atoms. The molecule has 0 saturated heterocycles. The molecule has 0 heterocycles. The maximum atomic E-state index is 12.3. The van der Waals surface area contributed by atoms with E-state index in [1.807, 2.05) is 0 Å². The second kappa shape index (κ2) is 6.42. The molecular formula is C19H14O5. The molecule has 0 bridgehead atoms. The smallest absolute Gasteiger partial charge is 0.343 e. The summed E-state index contributed by atoms with van der Waals surface area (Å²) in [6.45, 7) is 2.10. The van der Waals surface area contributed by atoms with E-state index >= 15 is 0 Å². The summed E-state index contributed by atoms with van der Waals surface area (Å²) in [6.07, 6.45) is 0. The van der Waals surface area contributed by atoms with Gasteiger partial charge in [-0.25, -0.2) is 4.79 Å². The number of benzene rings is 3. The lowest BCUT2D eigenvalue weighted by atomic mass is 10.1. The highest BCUT2D eigenvalue weighted by Gasteiger charge is 2.11. The molecule has 0 saturated carbocycles. The SMILES string of the molecule is Cc1cc(OC(=O)c2ccc3cc(O)ccc3c2)ccc1OC=O. The van der Waals surface area contributed by atoms with Crippen molar-refractivity contribution < 1.29 is 24.2 Å². The number of carbonyl (C=O) groups excluding carboxylic acids is 2. The first-order valence-electron chi connectivity index (χ1n) is 7.23. The van der Waals surface area contributed by atoms with Crippen LogP contribution in [-0.2, 0) is 4.79 Å². The Morgan fingerprint density at radius 1 is 1.00 bits per heavy atom. The maximum absolute atomic E-state index is 12.3. The van der Waals surface area contributed by atoms with E-state index in [4.69, 9.17) is 9.47 Å². The first-order chi connectivity index (χ1) is 11.6. The van der Waals surface area contributed by atoms with Gasteiger partial charge in [0.1, 0.15) is 17.2 Å². The molecule has 0 aliphatic heterocycles. The van der Waals surface area contributed by atoms with Gasteiger partial charge in [-0.05, 0) is 65.7 Å². The van der Waals surface area contributed by atoms with Crippen LogP contribution in [0.15, 0.2) is 54.6 Å². The van der Waals surface area contributed by atoms with E-state index in [1.54, 1.807) is 61.5 Å². The summed E-state index contributed by atoms with van der Waals surface area (Å²) in [5.74, 6) is 0.455. The summed E-state index contributed by atoms with van der Waals surface area (Å²) in [5, 5.41) is 11.1. The summed E-state index contributed by atoms with van der Waals surface area (Å²) >= 11 is 0. The third kappa shape index (κ3) is 3.20. The number of rotatable bonds is 4. The molecule has 1 N–H and O–H groups in total. The average Bonchev–Trinajstić information content (AvgIpc) is 2.57. The van der Waals surface area contributed by atoms with Crippen molar-refractivity contribution in [1.29, 1.82) is 0 Å². The van der Waals surface area contributed by atoms with Gasteiger partial charge in [0.05, 0.1) is 5.56 Å². The molecule has 0 aliphatic rings. The van der Waals surface area contributed by atoms with Gasteiger partial charge in [-0.3, -0.25) is 4.79 Å². The molecule has 0 atom stereocenters. The number of aryl methyl sites for hydroxylation is 1. The number of aromatic hydroxyl groups is 1. The number of carbonyl (C=O) groups is 2. The van der Waals surface area contributed by atoms with Gasteiger partial charge in [-0.1, -0.05) is 12.1 Å². The predicted octanol–water partition coefficient (Wildman–Crippen LogP) is 3.61. The van der Waals surface area contributed by atoms with Crippen LogP contribution in [0.5, 0.6) is 17.2 Å². The summed E-state index contributed by atoms with van der Waals surface area (Å²) < 4.78 is 10.2. The number of hydrogen-bond donors (Lipinski definition) is 1. The fourth-order valence-corrected chi connectivity index (χ4v) is 2.40. The maximum Gasteiger partial charge on any atom is 0.343 e. The molecule has 3 aromatic carbocycles. The highest BCUT2D eigenvalue weighted by Crippen LogP contribution is 2.25. The number of hydrogen-bond acceptors (Lipinski definition) is 5. The average molecular weight is 322 g/mol. The Balaban J connectivity index is 1.83. The zero-order valence-electron chi connectivity index (χ0n) is 12.9. The second-order valence-electron chi connectivity index (χ2n) is 5.28. The predicted molar refractivity (Wildman–Crippen MR) is 88.4 cm³/mol. The van der Waals surface area contributed by atoms with Crippen molar-refractivity contribution in [2.24, 2.45) is 0 Å². The molecule has 0 aliphatic carbocycles. The first kappa shape index (κ1) is 15.6. The molecule has 0 spiro atoms. The van der Waals surface area contributed by atoms with Crippen molar-refractivity contribution >= 4 is 23.2 Å². The van der Waals surface area contributed by atoms with Gasteiger partial charge < -0.3 is 14.6 Å². The Morgan fingerprint density at radius 2 is 1.75 bits per heavy atom. The van der Waals surface area contributed by atoms with E-state index in [1.165, 1.54) is 0 Å². The van der Waals surface area contributed by atoms with Crippen LogP contribution in [0.2, 0.25) is 0 Å². The molecule has 0 amide bonds. The Kier molecular flexibility index (Phi) is 4.16. The third-order valence-electron chi connectivity index (χ3n) is 3.59. The molecule has 5 heteroatoms. The van der Waals surface area contributed by atoms with Crippen LogP contribution >= 0.6 is 0 Å². The standard InChI is InChI=1S/C19H14O5/c1-12-8-17(6-7-18(12)23-11-20)24-19(22)15-3-2-14-10-16(21)5-4-13(14)9-15/h2-11,21H,1H3. The van der Waals surface area contributed by atoms with Crippen molar-refractivity contribution in [3.8, 4) is 17.2 Å². The van der Waals surface area contributed by atoms with Gasteiger partial charge in [-0.15, -0.1) is 0 Å². The van der Waals surface area contributed by atoms with Crippen LogP contribution in [0.3, 0.4) is 0 Å². The zero-order chi connectivity index (χ0) is 17.1. The van der Waals surface area contributed by atoms with E-state index in [0.717, 1.165) is 10.8 Å². The third-order valence-corrected chi connectivity index (χ3v) is 3.59. The first-order valence-corrected chi connectivity index (χ1v) is 7.23. The molecular weight excluding hydrogens is 308 g/mol. The minimum absolute atomic E-state index is 0.172. The monoisotopic (exact) mass is 322 g/mol. The Morgan fingerprint density at radius 3 is 2.50 bits per heavy atom. The van der Waals surface area contributed by atoms with E-state index in [2.05, 4.69) is 0 Å². The normalized spacial score (nSPS) is 10.4. The second-order valence-corrected chi connectivity index (χ2v) is 5.28. The van der Waals surface area contributed by atoms with Crippen LogP contribution in [0.1, 0.15) is 15.9 Å². The van der Waals surface area contributed by atoms with Crippen molar-refractivity contribution in [2.75, 3.05) is 0 Å². The molecule has 0 radical (unpaired) electrons. The molecule has 5 nitrogen and oxygen atoms in total. The van der Waals surface area contributed by atoms with E-state index in [-0.39, 0.29) is 5.75 Å².